The summed E-state index contributed by atoms with van der Waals surface area (Å²) in [7, 11) is 1.53. The van der Waals surface area contributed by atoms with Crippen molar-refractivity contribution < 1.29 is 9.53 Å². The standard InChI is InChI=1S/C19H36O2/c1-3-4-5-6-7-8-9-10-11-12-14-17-15-13-16-18(17)19(20)21-2/h17-18H,3-16H2,1-2H3/t17-,18-/m1/s1. The first-order valence-electron chi connectivity index (χ1n) is 9.37. The van der Waals surface area contributed by atoms with E-state index >= 15 is 0 Å². The number of ether oxygens (including phenoxy) is 1. The maximum atomic E-state index is 11.7. The molecule has 124 valence electrons. The average molecular weight is 296 g/mol. The third-order valence-electron chi connectivity index (χ3n) is 5.09. The van der Waals surface area contributed by atoms with E-state index in [1.165, 1.54) is 90.6 Å². The molecule has 0 aromatic carbocycles. The first-order chi connectivity index (χ1) is 10.3. The summed E-state index contributed by atoms with van der Waals surface area (Å²) in [5, 5.41) is 0. The van der Waals surface area contributed by atoms with Crippen molar-refractivity contribution in [2.75, 3.05) is 7.11 Å². The van der Waals surface area contributed by atoms with Gasteiger partial charge >= 0.3 is 5.97 Å². The maximum absolute atomic E-state index is 11.7. The lowest BCUT2D eigenvalue weighted by molar-refractivity contribution is -0.146. The van der Waals surface area contributed by atoms with E-state index in [1.54, 1.807) is 0 Å². The van der Waals surface area contributed by atoms with Crippen LogP contribution in [0.1, 0.15) is 96.8 Å². The fraction of sp³-hybridized carbons (Fsp3) is 0.947. The van der Waals surface area contributed by atoms with Crippen molar-refractivity contribution in [1.82, 2.24) is 0 Å². The molecule has 0 aromatic rings. The van der Waals surface area contributed by atoms with Crippen LogP contribution in [0, 0.1) is 11.8 Å². The highest BCUT2D eigenvalue weighted by Crippen LogP contribution is 2.36. The molecule has 0 unspecified atom stereocenters. The SMILES string of the molecule is CCCCCCCCCCCC[C@@H]1CCC[C@H]1C(=O)OC. The van der Waals surface area contributed by atoms with Crippen LogP contribution in [0.25, 0.3) is 0 Å². The van der Waals surface area contributed by atoms with Crippen molar-refractivity contribution in [2.24, 2.45) is 11.8 Å². The number of methoxy groups -OCH3 is 1. The summed E-state index contributed by atoms with van der Waals surface area (Å²) in [4.78, 5) is 11.7. The molecule has 0 aromatic heterocycles. The van der Waals surface area contributed by atoms with Crippen LogP contribution in [0.4, 0.5) is 0 Å². The molecule has 1 rings (SSSR count). The number of hydrogen-bond donors (Lipinski definition) is 0. The molecule has 1 aliphatic carbocycles. The highest BCUT2D eigenvalue weighted by atomic mass is 16.5. The Morgan fingerprint density at radius 1 is 0.905 bits per heavy atom. The number of hydrogen-bond acceptors (Lipinski definition) is 2. The quantitative estimate of drug-likeness (QED) is 0.332. The Balaban J connectivity index is 1.93. The van der Waals surface area contributed by atoms with Crippen molar-refractivity contribution in [3.63, 3.8) is 0 Å². The Kier molecular flexibility index (Phi) is 10.6. The van der Waals surface area contributed by atoms with Gasteiger partial charge in [-0.2, -0.15) is 0 Å². The van der Waals surface area contributed by atoms with Gasteiger partial charge in [-0.15, -0.1) is 0 Å². The third kappa shape index (κ3) is 7.87. The van der Waals surface area contributed by atoms with Gasteiger partial charge in [0.15, 0.2) is 0 Å². The van der Waals surface area contributed by atoms with Crippen LogP contribution < -0.4 is 0 Å². The first-order valence-corrected chi connectivity index (χ1v) is 9.37. The molecule has 0 radical (unpaired) electrons. The number of carbonyl (C=O) groups is 1. The second-order valence-electron chi connectivity index (χ2n) is 6.79. The van der Waals surface area contributed by atoms with Crippen molar-refractivity contribution in [3.05, 3.63) is 0 Å². The van der Waals surface area contributed by atoms with E-state index < -0.39 is 0 Å². The number of carbonyl (C=O) groups excluding carboxylic acids is 1. The van der Waals surface area contributed by atoms with E-state index in [4.69, 9.17) is 4.74 Å². The van der Waals surface area contributed by atoms with E-state index in [9.17, 15) is 4.79 Å². The molecular formula is C19H36O2. The van der Waals surface area contributed by atoms with Gasteiger partial charge in [-0.3, -0.25) is 4.79 Å². The normalized spacial score (nSPS) is 21.6. The second kappa shape index (κ2) is 12.1. The average Bonchev–Trinajstić information content (AvgIpc) is 2.97. The van der Waals surface area contributed by atoms with Gasteiger partial charge in [0.1, 0.15) is 0 Å². The molecule has 1 aliphatic rings. The molecule has 2 atom stereocenters. The smallest absolute Gasteiger partial charge is 0.308 e. The van der Waals surface area contributed by atoms with Gasteiger partial charge in [-0.05, 0) is 25.2 Å². The summed E-state index contributed by atoms with van der Waals surface area (Å²) in [5.41, 5.74) is 0. The zero-order chi connectivity index (χ0) is 15.3. The van der Waals surface area contributed by atoms with E-state index in [0.717, 1.165) is 6.42 Å². The van der Waals surface area contributed by atoms with Crippen LogP contribution in [0.5, 0.6) is 0 Å². The van der Waals surface area contributed by atoms with Crippen LogP contribution in [-0.2, 0) is 9.53 Å². The summed E-state index contributed by atoms with van der Waals surface area (Å²) >= 11 is 0. The lowest BCUT2D eigenvalue weighted by Crippen LogP contribution is -2.20. The summed E-state index contributed by atoms with van der Waals surface area (Å²) < 4.78 is 4.93. The Morgan fingerprint density at radius 3 is 2.05 bits per heavy atom. The van der Waals surface area contributed by atoms with Crippen LogP contribution >= 0.6 is 0 Å². The van der Waals surface area contributed by atoms with E-state index in [-0.39, 0.29) is 11.9 Å². The fourth-order valence-corrected chi connectivity index (χ4v) is 3.74. The van der Waals surface area contributed by atoms with Crippen molar-refractivity contribution in [3.8, 4) is 0 Å². The highest BCUT2D eigenvalue weighted by Gasteiger charge is 2.32. The zero-order valence-corrected chi connectivity index (χ0v) is 14.4. The molecule has 2 heteroatoms. The number of rotatable bonds is 12. The molecule has 2 nitrogen and oxygen atoms in total. The van der Waals surface area contributed by atoms with Gasteiger partial charge in [0, 0.05) is 0 Å². The predicted molar refractivity (Wildman–Crippen MR) is 89.3 cm³/mol. The third-order valence-corrected chi connectivity index (χ3v) is 5.09. The van der Waals surface area contributed by atoms with E-state index in [1.807, 2.05) is 0 Å². The van der Waals surface area contributed by atoms with Crippen LogP contribution in [-0.4, -0.2) is 13.1 Å². The molecule has 0 bridgehead atoms. The lowest BCUT2D eigenvalue weighted by atomic mass is 9.90. The Bertz CT molecular complexity index is 262. The van der Waals surface area contributed by atoms with Gasteiger partial charge in [0.2, 0.25) is 0 Å². The van der Waals surface area contributed by atoms with Gasteiger partial charge in [0.25, 0.3) is 0 Å². The molecule has 0 aliphatic heterocycles. The van der Waals surface area contributed by atoms with E-state index in [0.29, 0.717) is 5.92 Å². The molecule has 0 spiro atoms. The van der Waals surface area contributed by atoms with Crippen molar-refractivity contribution in [1.29, 1.82) is 0 Å². The number of esters is 1. The molecular weight excluding hydrogens is 260 g/mol. The van der Waals surface area contributed by atoms with Crippen LogP contribution in [0.2, 0.25) is 0 Å². The van der Waals surface area contributed by atoms with Gasteiger partial charge in [0.05, 0.1) is 13.0 Å². The van der Waals surface area contributed by atoms with Gasteiger partial charge in [-0.1, -0.05) is 77.6 Å². The Labute approximate surface area is 132 Å². The molecule has 21 heavy (non-hydrogen) atoms. The minimum absolute atomic E-state index is 0.0320. The topological polar surface area (TPSA) is 26.3 Å². The van der Waals surface area contributed by atoms with Crippen molar-refractivity contribution >= 4 is 5.97 Å². The predicted octanol–water partition coefficient (Wildman–Crippen LogP) is 5.89. The molecule has 0 N–H and O–H groups in total. The molecule has 0 heterocycles. The van der Waals surface area contributed by atoms with Gasteiger partial charge < -0.3 is 4.74 Å². The minimum Gasteiger partial charge on any atom is -0.469 e. The van der Waals surface area contributed by atoms with Gasteiger partial charge in [-0.25, -0.2) is 0 Å². The summed E-state index contributed by atoms with van der Waals surface area (Å²) in [6, 6.07) is 0. The summed E-state index contributed by atoms with van der Waals surface area (Å²) in [5.74, 6) is 0.838. The summed E-state index contributed by atoms with van der Waals surface area (Å²) in [6.07, 6.45) is 18.6. The van der Waals surface area contributed by atoms with Crippen LogP contribution in [0.3, 0.4) is 0 Å². The maximum Gasteiger partial charge on any atom is 0.308 e. The number of unbranched alkanes of at least 4 members (excludes halogenated alkanes) is 9. The Morgan fingerprint density at radius 2 is 1.48 bits per heavy atom. The molecule has 1 fully saturated rings. The highest BCUT2D eigenvalue weighted by molar-refractivity contribution is 5.72. The lowest BCUT2D eigenvalue weighted by Gasteiger charge is -2.17. The van der Waals surface area contributed by atoms with E-state index in [2.05, 4.69) is 6.92 Å². The Hall–Kier alpha value is -0.530. The largest absolute Gasteiger partial charge is 0.469 e. The monoisotopic (exact) mass is 296 g/mol. The molecule has 0 saturated heterocycles. The molecule has 1 saturated carbocycles. The first kappa shape index (κ1) is 18.5. The zero-order valence-electron chi connectivity index (χ0n) is 14.4. The minimum atomic E-state index is 0.0320. The summed E-state index contributed by atoms with van der Waals surface area (Å²) in [6.45, 7) is 2.27. The van der Waals surface area contributed by atoms with Crippen LogP contribution in [0.15, 0.2) is 0 Å². The second-order valence-corrected chi connectivity index (χ2v) is 6.79. The van der Waals surface area contributed by atoms with Crippen molar-refractivity contribution in [2.45, 2.75) is 96.8 Å². The fourth-order valence-electron chi connectivity index (χ4n) is 3.74. The molecule has 0 amide bonds.